The molecule has 9 heteroatoms. The number of aryl methyl sites for hydroxylation is 2. The number of benzene rings is 1. The van der Waals surface area contributed by atoms with Crippen LogP contribution < -0.4 is 15.5 Å². The van der Waals surface area contributed by atoms with Gasteiger partial charge in [-0.1, -0.05) is 12.1 Å². The normalized spacial score (nSPS) is 20.7. The molecule has 3 aliphatic rings. The van der Waals surface area contributed by atoms with Gasteiger partial charge in [0.05, 0.1) is 19.8 Å². The van der Waals surface area contributed by atoms with Gasteiger partial charge < -0.3 is 19.9 Å². The molecule has 9 nitrogen and oxygen atoms in total. The van der Waals surface area contributed by atoms with Gasteiger partial charge in [-0.25, -0.2) is 4.98 Å². The second kappa shape index (κ2) is 8.73. The number of fused-ring (bicyclic) bond motifs is 1. The van der Waals surface area contributed by atoms with Gasteiger partial charge in [-0.2, -0.15) is 0 Å². The minimum atomic E-state index is -0.184. The molecule has 3 aliphatic heterocycles. The first-order valence-electron chi connectivity index (χ1n) is 12.3. The Morgan fingerprint density at radius 1 is 1.26 bits per heavy atom. The molecule has 0 bridgehead atoms. The Morgan fingerprint density at radius 2 is 2.14 bits per heavy atom. The van der Waals surface area contributed by atoms with E-state index in [1.165, 1.54) is 12.8 Å². The second-order valence-electron chi connectivity index (χ2n) is 10.1. The summed E-state index contributed by atoms with van der Waals surface area (Å²) in [4.78, 5) is 20.0. The van der Waals surface area contributed by atoms with Crippen LogP contribution in [-0.4, -0.2) is 58.0 Å². The second-order valence-corrected chi connectivity index (χ2v) is 10.1. The average Bonchev–Trinajstić information content (AvgIpc) is 3.56. The van der Waals surface area contributed by atoms with E-state index in [4.69, 9.17) is 9.72 Å². The van der Waals surface area contributed by atoms with Gasteiger partial charge in [0.25, 0.3) is 5.91 Å². The molecule has 2 N–H and O–H groups in total. The van der Waals surface area contributed by atoms with Gasteiger partial charge in [0.15, 0.2) is 0 Å². The third-order valence-electron chi connectivity index (χ3n) is 7.52. The Labute approximate surface area is 204 Å². The Morgan fingerprint density at radius 3 is 2.86 bits per heavy atom. The van der Waals surface area contributed by atoms with E-state index in [0.717, 1.165) is 53.4 Å². The van der Waals surface area contributed by atoms with E-state index in [2.05, 4.69) is 39.0 Å². The lowest BCUT2D eigenvalue weighted by molar-refractivity contribution is -0.0611. The van der Waals surface area contributed by atoms with Gasteiger partial charge in [0.2, 0.25) is 0 Å². The van der Waals surface area contributed by atoms with E-state index >= 15 is 0 Å². The molecular formula is C26H31N7O2. The lowest BCUT2D eigenvalue weighted by atomic mass is 9.75. The zero-order valence-corrected chi connectivity index (χ0v) is 20.3. The summed E-state index contributed by atoms with van der Waals surface area (Å²) in [6.07, 6.45) is 4.86. The number of hydrogen-bond acceptors (Lipinski definition) is 7. The fourth-order valence-electron chi connectivity index (χ4n) is 5.37. The zero-order chi connectivity index (χ0) is 24.0. The molecule has 1 unspecified atom stereocenters. The van der Waals surface area contributed by atoms with Crippen molar-refractivity contribution in [2.75, 3.05) is 36.5 Å². The number of amides is 1. The van der Waals surface area contributed by atoms with Crippen molar-refractivity contribution < 1.29 is 9.53 Å². The predicted octanol–water partition coefficient (Wildman–Crippen LogP) is 2.35. The number of nitrogens with zero attached hydrogens (tertiary/aromatic N) is 5. The molecule has 0 radical (unpaired) electrons. The Hall–Kier alpha value is -3.30. The molecule has 2 saturated heterocycles. The highest BCUT2D eigenvalue weighted by atomic mass is 16.5. The van der Waals surface area contributed by atoms with Crippen molar-refractivity contribution in [3.05, 3.63) is 64.9 Å². The number of aromatic nitrogens is 4. The van der Waals surface area contributed by atoms with Crippen LogP contribution in [0.15, 0.2) is 36.7 Å². The molecule has 2 fully saturated rings. The number of carbonyl (C=O) groups is 1. The lowest BCUT2D eigenvalue weighted by Gasteiger charge is -2.41. The highest BCUT2D eigenvalue weighted by Crippen LogP contribution is 2.38. The van der Waals surface area contributed by atoms with Gasteiger partial charge >= 0.3 is 0 Å². The molecule has 6 rings (SSSR count). The van der Waals surface area contributed by atoms with Crippen molar-refractivity contribution in [3.8, 4) is 0 Å². The monoisotopic (exact) mass is 473 g/mol. The van der Waals surface area contributed by atoms with Crippen LogP contribution in [0, 0.1) is 6.92 Å². The summed E-state index contributed by atoms with van der Waals surface area (Å²) < 4.78 is 7.57. The smallest absolute Gasteiger partial charge is 0.260 e. The number of nitrogens with one attached hydrogen (secondary N) is 2. The third kappa shape index (κ3) is 4.08. The molecule has 0 saturated carbocycles. The minimum absolute atomic E-state index is 0.00240. The molecule has 0 spiro atoms. The summed E-state index contributed by atoms with van der Waals surface area (Å²) in [5.74, 6) is 1.60. The van der Waals surface area contributed by atoms with E-state index < -0.39 is 0 Å². The van der Waals surface area contributed by atoms with Crippen LogP contribution in [0.25, 0.3) is 0 Å². The average molecular weight is 474 g/mol. The standard InChI is InChI=1S/C26H31N7O2/c1-17-8-21(28-12-20-4-3-7-27-20)10-23(30-17)33-13-18-5-6-19(9-22(18)25(33)34)26(14-35-15-26)11-24-31-29-16-32(24)2/h5-6,8-10,16,20,27H,3-4,7,11-15H2,1-2H3,(H,28,30). The number of pyridine rings is 1. The number of anilines is 2. The van der Waals surface area contributed by atoms with Crippen molar-refractivity contribution in [1.82, 2.24) is 25.1 Å². The van der Waals surface area contributed by atoms with E-state index in [0.29, 0.717) is 31.6 Å². The lowest BCUT2D eigenvalue weighted by Crippen LogP contribution is -2.49. The summed E-state index contributed by atoms with van der Waals surface area (Å²) in [7, 11) is 1.95. The van der Waals surface area contributed by atoms with E-state index in [9.17, 15) is 4.79 Å². The molecule has 0 aliphatic carbocycles. The summed E-state index contributed by atoms with van der Waals surface area (Å²) >= 11 is 0. The van der Waals surface area contributed by atoms with Crippen molar-refractivity contribution >= 4 is 17.4 Å². The fourth-order valence-corrected chi connectivity index (χ4v) is 5.37. The van der Waals surface area contributed by atoms with E-state index in [1.54, 1.807) is 11.2 Å². The maximum atomic E-state index is 13.5. The summed E-state index contributed by atoms with van der Waals surface area (Å²) in [6, 6.07) is 10.8. The minimum Gasteiger partial charge on any atom is -0.383 e. The van der Waals surface area contributed by atoms with Crippen molar-refractivity contribution in [2.45, 2.75) is 44.2 Å². The van der Waals surface area contributed by atoms with Crippen LogP contribution in [0.3, 0.4) is 0 Å². The number of hydrogen-bond donors (Lipinski definition) is 2. The van der Waals surface area contributed by atoms with Crippen LogP contribution in [-0.2, 0) is 30.2 Å². The quantitative estimate of drug-likeness (QED) is 0.544. The first kappa shape index (κ1) is 22.2. The number of carbonyl (C=O) groups excluding carboxylic acids is 1. The fraction of sp³-hybridized carbons (Fsp3) is 0.462. The van der Waals surface area contributed by atoms with Gasteiger partial charge in [-0.3, -0.25) is 9.69 Å². The molecule has 3 aromatic rings. The van der Waals surface area contributed by atoms with E-state index in [1.807, 2.05) is 30.7 Å². The third-order valence-corrected chi connectivity index (χ3v) is 7.52. The molecule has 1 atom stereocenters. The van der Waals surface area contributed by atoms with Crippen molar-refractivity contribution in [1.29, 1.82) is 0 Å². The van der Waals surface area contributed by atoms with Crippen LogP contribution in [0.1, 0.15) is 45.8 Å². The molecule has 2 aromatic heterocycles. The topological polar surface area (TPSA) is 97.2 Å². The molecule has 1 amide bonds. The summed E-state index contributed by atoms with van der Waals surface area (Å²) in [5.41, 5.74) is 4.60. The highest BCUT2D eigenvalue weighted by molar-refractivity contribution is 6.09. The SMILES string of the molecule is Cc1cc(NCC2CCCN2)cc(N2Cc3ccc(C4(Cc5nncn5C)COC4)cc3C2=O)n1. The zero-order valence-electron chi connectivity index (χ0n) is 20.3. The molecule has 182 valence electrons. The Kier molecular flexibility index (Phi) is 5.53. The van der Waals surface area contributed by atoms with Gasteiger partial charge in [-0.15, -0.1) is 10.2 Å². The largest absolute Gasteiger partial charge is 0.383 e. The summed E-state index contributed by atoms with van der Waals surface area (Å²) in [5, 5.41) is 15.3. The Balaban J connectivity index is 1.23. The maximum absolute atomic E-state index is 13.5. The number of rotatable bonds is 7. The van der Waals surface area contributed by atoms with Crippen LogP contribution in [0.5, 0.6) is 0 Å². The first-order valence-corrected chi connectivity index (χ1v) is 12.3. The molecule has 5 heterocycles. The van der Waals surface area contributed by atoms with Crippen LogP contribution in [0.2, 0.25) is 0 Å². The molecule has 35 heavy (non-hydrogen) atoms. The summed E-state index contributed by atoms with van der Waals surface area (Å²) in [6.45, 7) is 5.68. The van der Waals surface area contributed by atoms with Gasteiger partial charge in [0.1, 0.15) is 18.0 Å². The highest BCUT2D eigenvalue weighted by Gasteiger charge is 2.43. The van der Waals surface area contributed by atoms with Crippen molar-refractivity contribution in [3.63, 3.8) is 0 Å². The van der Waals surface area contributed by atoms with Crippen LogP contribution in [0.4, 0.5) is 11.5 Å². The van der Waals surface area contributed by atoms with E-state index in [-0.39, 0.29) is 11.3 Å². The van der Waals surface area contributed by atoms with Gasteiger partial charge in [-0.05, 0) is 49.6 Å². The first-order chi connectivity index (χ1) is 17.0. The molecular weight excluding hydrogens is 442 g/mol. The van der Waals surface area contributed by atoms with Gasteiger partial charge in [0, 0.05) is 54.5 Å². The maximum Gasteiger partial charge on any atom is 0.260 e. The molecule has 1 aromatic carbocycles. The predicted molar refractivity (Wildman–Crippen MR) is 133 cm³/mol. The van der Waals surface area contributed by atoms with Crippen molar-refractivity contribution in [2.24, 2.45) is 7.05 Å². The number of ether oxygens (including phenoxy) is 1. The van der Waals surface area contributed by atoms with Crippen LogP contribution >= 0.6 is 0 Å². The Bertz CT molecular complexity index is 1260.